The van der Waals surface area contributed by atoms with Gasteiger partial charge in [-0.2, -0.15) is 10.1 Å². The Bertz CT molecular complexity index is 1230. The van der Waals surface area contributed by atoms with Crippen LogP contribution in [0.15, 0.2) is 58.5 Å². The Morgan fingerprint density at radius 1 is 1.27 bits per heavy atom. The molecule has 2 heterocycles. The second-order valence-electron chi connectivity index (χ2n) is 7.23. The highest BCUT2D eigenvalue weighted by atomic mass is 79.9. The molecule has 0 bridgehead atoms. The van der Waals surface area contributed by atoms with E-state index in [4.69, 9.17) is 25.8 Å². The number of benzene rings is 2. The highest BCUT2D eigenvalue weighted by Crippen LogP contribution is 2.43. The molecule has 0 amide bonds. The first kappa shape index (κ1) is 23.1. The lowest BCUT2D eigenvalue weighted by Crippen LogP contribution is -2.29. The molecule has 0 radical (unpaired) electrons. The highest BCUT2D eigenvalue weighted by molar-refractivity contribution is 9.10. The minimum Gasteiger partial charge on any atom is -0.490 e. The number of aromatic nitrogens is 3. The van der Waals surface area contributed by atoms with Gasteiger partial charge in [0.25, 0.3) is 0 Å². The largest absolute Gasteiger partial charge is 0.490 e. The van der Waals surface area contributed by atoms with Crippen LogP contribution in [0.2, 0.25) is 5.02 Å². The second-order valence-corrected chi connectivity index (χ2v) is 8.49. The molecule has 0 aliphatic carbocycles. The molecule has 1 aliphatic rings. The van der Waals surface area contributed by atoms with E-state index in [1.165, 1.54) is 13.4 Å². The van der Waals surface area contributed by atoms with Gasteiger partial charge in [-0.25, -0.2) is 9.48 Å². The molecule has 8 nitrogen and oxygen atoms in total. The maximum Gasteiger partial charge on any atom is 0.338 e. The molecule has 10 heteroatoms. The molecule has 1 unspecified atom stereocenters. The number of methoxy groups -OCH3 is 1. The Balaban J connectivity index is 1.77. The zero-order valence-corrected chi connectivity index (χ0v) is 20.6. The Morgan fingerprint density at radius 2 is 2.06 bits per heavy atom. The average Bonchev–Trinajstić information content (AvgIpc) is 3.26. The van der Waals surface area contributed by atoms with Crippen molar-refractivity contribution in [3.63, 3.8) is 0 Å². The van der Waals surface area contributed by atoms with E-state index in [1.807, 2.05) is 43.3 Å². The van der Waals surface area contributed by atoms with Crippen molar-refractivity contribution in [1.82, 2.24) is 14.8 Å². The van der Waals surface area contributed by atoms with E-state index in [9.17, 15) is 4.79 Å². The zero-order valence-electron chi connectivity index (χ0n) is 18.3. The summed E-state index contributed by atoms with van der Waals surface area (Å²) in [5.41, 5.74) is 2.67. The van der Waals surface area contributed by atoms with Crippen LogP contribution in [0.25, 0.3) is 0 Å². The number of carbonyl (C=O) groups excluding carboxylic acids is 1. The molecule has 172 valence electrons. The summed E-state index contributed by atoms with van der Waals surface area (Å²) in [7, 11) is 1.35. The van der Waals surface area contributed by atoms with Crippen LogP contribution in [0.5, 0.6) is 11.5 Å². The van der Waals surface area contributed by atoms with Crippen LogP contribution in [0.3, 0.4) is 0 Å². The van der Waals surface area contributed by atoms with Crippen LogP contribution in [-0.2, 0) is 16.1 Å². The molecule has 1 atom stereocenters. The van der Waals surface area contributed by atoms with E-state index in [1.54, 1.807) is 11.6 Å². The van der Waals surface area contributed by atoms with Gasteiger partial charge in [-0.1, -0.05) is 29.8 Å². The summed E-state index contributed by atoms with van der Waals surface area (Å²) in [5.74, 6) is 1.13. The number of hydrogen-bond donors (Lipinski definition) is 1. The molecular weight excluding hydrogens is 512 g/mol. The van der Waals surface area contributed by atoms with Gasteiger partial charge in [0.1, 0.15) is 19.0 Å². The molecule has 0 fully saturated rings. The Kier molecular flexibility index (Phi) is 6.90. The number of fused-ring (bicyclic) bond motifs is 1. The molecule has 0 spiro atoms. The Morgan fingerprint density at radius 3 is 2.79 bits per heavy atom. The summed E-state index contributed by atoms with van der Waals surface area (Å²) < 4.78 is 19.4. The molecule has 0 saturated heterocycles. The highest BCUT2D eigenvalue weighted by Gasteiger charge is 2.35. The smallest absolute Gasteiger partial charge is 0.338 e. The van der Waals surface area contributed by atoms with Gasteiger partial charge >= 0.3 is 5.97 Å². The van der Waals surface area contributed by atoms with Crippen molar-refractivity contribution in [1.29, 1.82) is 0 Å². The normalized spacial score (nSPS) is 15.0. The number of carbonyl (C=O) groups is 1. The number of rotatable bonds is 7. The molecular formula is C23H22BrClN4O4. The van der Waals surface area contributed by atoms with Crippen LogP contribution in [0, 0.1) is 0 Å². The van der Waals surface area contributed by atoms with Crippen molar-refractivity contribution in [2.45, 2.75) is 26.5 Å². The van der Waals surface area contributed by atoms with Gasteiger partial charge in [-0.15, -0.1) is 0 Å². The lowest BCUT2D eigenvalue weighted by molar-refractivity contribution is -0.136. The third-order valence-electron chi connectivity index (χ3n) is 5.18. The first-order valence-electron chi connectivity index (χ1n) is 10.2. The SMILES string of the molecule is CCOc1cc(C2C(C(=O)OC)=C(C)Nc3ncnn32)cc(Br)c1OCc1ccccc1Cl. The summed E-state index contributed by atoms with van der Waals surface area (Å²) >= 11 is 9.89. The molecule has 3 aromatic rings. The lowest BCUT2D eigenvalue weighted by atomic mass is 9.95. The summed E-state index contributed by atoms with van der Waals surface area (Å²) in [6.45, 7) is 4.39. The quantitative estimate of drug-likeness (QED) is 0.421. The number of esters is 1. The van der Waals surface area contributed by atoms with E-state index in [2.05, 4.69) is 31.3 Å². The van der Waals surface area contributed by atoms with Gasteiger partial charge in [0.2, 0.25) is 5.95 Å². The van der Waals surface area contributed by atoms with Gasteiger partial charge < -0.3 is 19.5 Å². The fourth-order valence-corrected chi connectivity index (χ4v) is 4.45. The van der Waals surface area contributed by atoms with E-state index in [0.29, 0.717) is 44.8 Å². The number of nitrogens with zero attached hydrogens (tertiary/aromatic N) is 3. The summed E-state index contributed by atoms with van der Waals surface area (Å²) in [6.07, 6.45) is 1.43. The van der Waals surface area contributed by atoms with Crippen LogP contribution >= 0.6 is 27.5 Å². The van der Waals surface area contributed by atoms with E-state index < -0.39 is 12.0 Å². The molecule has 33 heavy (non-hydrogen) atoms. The minimum absolute atomic E-state index is 0.269. The average molecular weight is 534 g/mol. The topological polar surface area (TPSA) is 87.5 Å². The molecule has 0 saturated carbocycles. The lowest BCUT2D eigenvalue weighted by Gasteiger charge is -2.28. The Labute approximate surface area is 204 Å². The van der Waals surface area contributed by atoms with Gasteiger partial charge in [0, 0.05) is 16.3 Å². The number of nitrogens with one attached hydrogen (secondary N) is 1. The number of ether oxygens (including phenoxy) is 3. The summed E-state index contributed by atoms with van der Waals surface area (Å²) in [5, 5.41) is 8.06. The van der Waals surface area contributed by atoms with Crippen molar-refractivity contribution in [2.24, 2.45) is 0 Å². The zero-order chi connectivity index (χ0) is 23.5. The van der Waals surface area contributed by atoms with Gasteiger partial charge in [-0.3, -0.25) is 0 Å². The fourth-order valence-electron chi connectivity index (χ4n) is 3.69. The van der Waals surface area contributed by atoms with Crippen molar-refractivity contribution in [3.8, 4) is 11.5 Å². The first-order chi connectivity index (χ1) is 15.9. The predicted molar refractivity (Wildman–Crippen MR) is 128 cm³/mol. The third-order valence-corrected chi connectivity index (χ3v) is 6.13. The van der Waals surface area contributed by atoms with Crippen molar-refractivity contribution in [2.75, 3.05) is 19.0 Å². The van der Waals surface area contributed by atoms with Crippen molar-refractivity contribution < 1.29 is 19.0 Å². The minimum atomic E-state index is -0.565. The maximum atomic E-state index is 12.7. The fraction of sp³-hybridized carbons (Fsp3) is 0.261. The number of hydrogen-bond acceptors (Lipinski definition) is 7. The van der Waals surface area contributed by atoms with Crippen LogP contribution < -0.4 is 14.8 Å². The van der Waals surface area contributed by atoms with Crippen LogP contribution in [0.1, 0.15) is 31.0 Å². The molecule has 2 aromatic carbocycles. The maximum absolute atomic E-state index is 12.7. The number of anilines is 1. The van der Waals surface area contributed by atoms with Crippen molar-refractivity contribution in [3.05, 3.63) is 74.6 Å². The molecule has 1 aliphatic heterocycles. The standard InChI is InChI=1S/C23H22BrClN4O4/c1-4-32-18-10-15(9-16(24)21(18)33-11-14-7-5-6-8-17(14)25)20-19(22(30)31-3)13(2)28-23-26-12-27-29(20)23/h5-10,12,20H,4,11H2,1-3H3,(H,26,27,28). The summed E-state index contributed by atoms with van der Waals surface area (Å²) in [6, 6.07) is 10.6. The number of halogens is 2. The predicted octanol–water partition coefficient (Wildman–Crippen LogP) is 5.13. The van der Waals surface area contributed by atoms with E-state index in [-0.39, 0.29) is 6.61 Å². The second kappa shape index (κ2) is 9.84. The van der Waals surface area contributed by atoms with E-state index in [0.717, 1.165) is 11.1 Å². The summed E-state index contributed by atoms with van der Waals surface area (Å²) in [4.78, 5) is 16.9. The Hall–Kier alpha value is -3.04. The molecule has 1 N–H and O–H groups in total. The third kappa shape index (κ3) is 4.56. The monoisotopic (exact) mass is 532 g/mol. The molecule has 1 aromatic heterocycles. The van der Waals surface area contributed by atoms with Crippen LogP contribution in [-0.4, -0.2) is 34.5 Å². The van der Waals surface area contributed by atoms with E-state index >= 15 is 0 Å². The van der Waals surface area contributed by atoms with Crippen molar-refractivity contribution >= 4 is 39.4 Å². The first-order valence-corrected chi connectivity index (χ1v) is 11.4. The van der Waals surface area contributed by atoms with Gasteiger partial charge in [0.05, 0.1) is 23.8 Å². The van der Waals surface area contributed by atoms with Gasteiger partial charge in [-0.05, 0) is 53.5 Å². The van der Waals surface area contributed by atoms with Gasteiger partial charge in [0.15, 0.2) is 11.5 Å². The number of allylic oxidation sites excluding steroid dienone is 1. The van der Waals surface area contributed by atoms with Crippen LogP contribution in [0.4, 0.5) is 5.95 Å². The molecule has 4 rings (SSSR count).